The van der Waals surface area contributed by atoms with Crippen LogP contribution >= 0.6 is 0 Å². The number of ether oxygens (including phenoxy) is 2. The van der Waals surface area contributed by atoms with Crippen LogP contribution in [0.5, 0.6) is 5.75 Å². The quantitative estimate of drug-likeness (QED) is 0.580. The molecule has 5 nitrogen and oxygen atoms in total. The Balaban J connectivity index is 1.95. The summed E-state index contributed by atoms with van der Waals surface area (Å²) in [6.45, 7) is 6.70. The molecule has 0 amide bonds. The summed E-state index contributed by atoms with van der Waals surface area (Å²) in [5.74, 6) is 0.965. The summed E-state index contributed by atoms with van der Waals surface area (Å²) >= 11 is 0. The number of carbonyl (C=O) groups is 1. The predicted octanol–water partition coefficient (Wildman–Crippen LogP) is 3.45. The average Bonchev–Trinajstić information content (AvgIpc) is 2.63. The fourth-order valence-corrected chi connectivity index (χ4v) is 3.25. The van der Waals surface area contributed by atoms with E-state index in [2.05, 4.69) is 19.2 Å². The fraction of sp³-hybridized carbons (Fsp3) is 0.682. The van der Waals surface area contributed by atoms with Crippen molar-refractivity contribution in [1.29, 1.82) is 0 Å². The second-order valence-corrected chi connectivity index (χ2v) is 7.93. The van der Waals surface area contributed by atoms with E-state index in [9.17, 15) is 4.79 Å². The van der Waals surface area contributed by atoms with E-state index < -0.39 is 0 Å². The number of benzene rings is 1. The molecule has 2 aliphatic heterocycles. The molecule has 2 heterocycles. The summed E-state index contributed by atoms with van der Waals surface area (Å²) in [6, 6.07) is 8.05. The fourth-order valence-electron chi connectivity index (χ4n) is 3.25. The molecule has 1 aromatic rings. The van der Waals surface area contributed by atoms with Crippen LogP contribution in [-0.2, 0) is 16.0 Å². The van der Waals surface area contributed by atoms with Crippen molar-refractivity contribution in [3.63, 3.8) is 0 Å². The Morgan fingerprint density at radius 3 is 2.52 bits per heavy atom. The SMILES string of the molecule is CC(C)[C@H]1COCCCCCCCC(=O)Oc2ccc(cc2)C[C@@H](N)CN1. The van der Waals surface area contributed by atoms with Crippen LogP contribution in [0, 0.1) is 5.92 Å². The third-order valence-electron chi connectivity index (χ3n) is 5.07. The van der Waals surface area contributed by atoms with E-state index in [1.165, 1.54) is 0 Å². The number of esters is 1. The number of hydrogen-bond acceptors (Lipinski definition) is 5. The van der Waals surface area contributed by atoms with Crippen molar-refractivity contribution in [3.8, 4) is 5.75 Å². The summed E-state index contributed by atoms with van der Waals surface area (Å²) in [4.78, 5) is 11.9. The van der Waals surface area contributed by atoms with Crippen LogP contribution in [0.4, 0.5) is 0 Å². The highest BCUT2D eigenvalue weighted by molar-refractivity contribution is 5.72. The van der Waals surface area contributed by atoms with E-state index >= 15 is 0 Å². The molecule has 2 bridgehead atoms. The molecule has 0 radical (unpaired) electrons. The van der Waals surface area contributed by atoms with Gasteiger partial charge in [-0.25, -0.2) is 0 Å². The molecule has 27 heavy (non-hydrogen) atoms. The van der Waals surface area contributed by atoms with Crippen LogP contribution in [0.25, 0.3) is 0 Å². The summed E-state index contributed by atoms with van der Waals surface area (Å²) < 4.78 is 11.3. The van der Waals surface area contributed by atoms with Gasteiger partial charge in [0.05, 0.1) is 6.61 Å². The molecular formula is C22H36N2O3. The van der Waals surface area contributed by atoms with E-state index in [4.69, 9.17) is 15.2 Å². The summed E-state index contributed by atoms with van der Waals surface area (Å²) in [7, 11) is 0. The molecule has 1 aromatic carbocycles. The third kappa shape index (κ3) is 8.87. The Morgan fingerprint density at radius 2 is 1.78 bits per heavy atom. The number of rotatable bonds is 1. The molecule has 0 fully saturated rings. The predicted molar refractivity (Wildman–Crippen MR) is 109 cm³/mol. The number of nitrogens with two attached hydrogens (primary N) is 1. The van der Waals surface area contributed by atoms with Gasteiger partial charge < -0.3 is 20.5 Å². The van der Waals surface area contributed by atoms with Gasteiger partial charge in [-0.15, -0.1) is 0 Å². The monoisotopic (exact) mass is 376 g/mol. The van der Waals surface area contributed by atoms with E-state index in [0.29, 0.717) is 24.1 Å². The molecule has 3 rings (SSSR count). The minimum atomic E-state index is -0.152. The van der Waals surface area contributed by atoms with Gasteiger partial charge in [0.1, 0.15) is 5.75 Å². The zero-order valence-corrected chi connectivity index (χ0v) is 16.9. The number of fused-ring (bicyclic) bond motifs is 17. The largest absolute Gasteiger partial charge is 0.427 e. The maximum Gasteiger partial charge on any atom is 0.311 e. The lowest BCUT2D eigenvalue weighted by Crippen LogP contribution is -2.45. The van der Waals surface area contributed by atoms with Gasteiger partial charge in [-0.05, 0) is 42.9 Å². The molecule has 5 heteroatoms. The summed E-state index contributed by atoms with van der Waals surface area (Å²) in [5.41, 5.74) is 7.46. The van der Waals surface area contributed by atoms with Gasteiger partial charge >= 0.3 is 5.97 Å². The molecule has 3 N–H and O–H groups in total. The zero-order chi connectivity index (χ0) is 19.5. The van der Waals surface area contributed by atoms with Gasteiger partial charge in [0, 0.05) is 31.7 Å². The molecule has 0 spiro atoms. The first-order valence-corrected chi connectivity index (χ1v) is 10.4. The van der Waals surface area contributed by atoms with Crippen molar-refractivity contribution in [2.24, 2.45) is 11.7 Å². The normalized spacial score (nSPS) is 24.5. The first-order chi connectivity index (χ1) is 13.0. The van der Waals surface area contributed by atoms with Crippen LogP contribution in [0.3, 0.4) is 0 Å². The zero-order valence-electron chi connectivity index (χ0n) is 16.9. The number of carbonyl (C=O) groups excluding carboxylic acids is 1. The molecule has 152 valence electrons. The lowest BCUT2D eigenvalue weighted by Gasteiger charge is -2.24. The molecule has 0 saturated carbocycles. The van der Waals surface area contributed by atoms with Crippen LogP contribution in [0.1, 0.15) is 57.9 Å². The maximum atomic E-state index is 11.9. The van der Waals surface area contributed by atoms with Gasteiger partial charge in [-0.3, -0.25) is 4.79 Å². The highest BCUT2D eigenvalue weighted by atomic mass is 16.5. The summed E-state index contributed by atoms with van der Waals surface area (Å²) in [5, 5.41) is 3.57. The lowest BCUT2D eigenvalue weighted by molar-refractivity contribution is -0.134. The number of hydrogen-bond donors (Lipinski definition) is 2. The van der Waals surface area contributed by atoms with E-state index in [1.54, 1.807) is 0 Å². The second kappa shape index (κ2) is 12.1. The standard InChI is InChI=1S/C22H36N2O3/c1-17(2)21-16-26-13-7-5-3-4-6-8-22(25)27-20-11-9-18(10-12-20)14-19(23)15-24-21/h9-12,17,19,21,24H,3-8,13-16,23H2,1-2H3/t19-,21-/m1/s1. The highest BCUT2D eigenvalue weighted by Crippen LogP contribution is 2.15. The van der Waals surface area contributed by atoms with Crippen molar-refractivity contribution < 1.29 is 14.3 Å². The van der Waals surface area contributed by atoms with Crippen molar-refractivity contribution in [2.75, 3.05) is 19.8 Å². The van der Waals surface area contributed by atoms with Gasteiger partial charge in [0.15, 0.2) is 0 Å². The van der Waals surface area contributed by atoms with Gasteiger partial charge in [-0.2, -0.15) is 0 Å². The first kappa shape index (κ1) is 21.9. The van der Waals surface area contributed by atoms with Gasteiger partial charge in [0.2, 0.25) is 0 Å². The van der Waals surface area contributed by atoms with Crippen molar-refractivity contribution >= 4 is 5.97 Å². The molecule has 2 aliphatic rings. The highest BCUT2D eigenvalue weighted by Gasteiger charge is 2.15. The Hall–Kier alpha value is -1.43. The topological polar surface area (TPSA) is 73.6 Å². The van der Waals surface area contributed by atoms with Crippen LogP contribution in [0.2, 0.25) is 0 Å². The summed E-state index contributed by atoms with van der Waals surface area (Å²) in [6.07, 6.45) is 6.54. The van der Waals surface area contributed by atoms with Gasteiger partial charge in [0.25, 0.3) is 0 Å². The maximum absolute atomic E-state index is 11.9. The van der Waals surface area contributed by atoms with E-state index in [1.807, 2.05) is 24.3 Å². The first-order valence-electron chi connectivity index (χ1n) is 10.4. The van der Waals surface area contributed by atoms with Crippen LogP contribution in [-0.4, -0.2) is 37.8 Å². The van der Waals surface area contributed by atoms with Crippen LogP contribution in [0.15, 0.2) is 24.3 Å². The Kier molecular flexibility index (Phi) is 9.81. The van der Waals surface area contributed by atoms with Gasteiger partial charge in [-0.1, -0.05) is 45.2 Å². The van der Waals surface area contributed by atoms with E-state index in [-0.39, 0.29) is 12.0 Å². The minimum Gasteiger partial charge on any atom is -0.427 e. The molecule has 0 aromatic heterocycles. The lowest BCUT2D eigenvalue weighted by atomic mass is 10.0. The molecule has 0 saturated heterocycles. The Morgan fingerprint density at radius 1 is 1.07 bits per heavy atom. The van der Waals surface area contributed by atoms with Crippen LogP contribution < -0.4 is 15.8 Å². The molecule has 2 atom stereocenters. The van der Waals surface area contributed by atoms with Crippen molar-refractivity contribution in [3.05, 3.63) is 29.8 Å². The Labute approximate surface area is 164 Å². The molecular weight excluding hydrogens is 340 g/mol. The Bertz CT molecular complexity index is 545. The number of nitrogens with one attached hydrogen (secondary N) is 1. The van der Waals surface area contributed by atoms with E-state index in [0.717, 1.165) is 63.8 Å². The molecule has 0 aliphatic carbocycles. The minimum absolute atomic E-state index is 0.0326. The van der Waals surface area contributed by atoms with Crippen molar-refractivity contribution in [1.82, 2.24) is 5.32 Å². The third-order valence-corrected chi connectivity index (χ3v) is 5.07. The smallest absolute Gasteiger partial charge is 0.311 e. The second-order valence-electron chi connectivity index (χ2n) is 7.93. The average molecular weight is 377 g/mol. The molecule has 0 unspecified atom stereocenters. The van der Waals surface area contributed by atoms with Crippen molar-refractivity contribution in [2.45, 2.75) is 70.9 Å².